The zero-order chi connectivity index (χ0) is 28.3. The van der Waals surface area contributed by atoms with E-state index < -0.39 is 24.1 Å². The summed E-state index contributed by atoms with van der Waals surface area (Å²) in [6.45, 7) is 11.9. The molecule has 2 N–H and O–H groups in total. The van der Waals surface area contributed by atoms with Crippen molar-refractivity contribution in [2.75, 3.05) is 30.9 Å². The Kier molecular flexibility index (Phi) is 12.3. The zero-order valence-electron chi connectivity index (χ0n) is 21.9. The summed E-state index contributed by atoms with van der Waals surface area (Å²) < 4.78 is 21.9. The van der Waals surface area contributed by atoms with Crippen molar-refractivity contribution in [2.45, 2.75) is 38.4 Å². The molecule has 0 aliphatic carbocycles. The molecule has 0 aliphatic rings. The maximum atomic E-state index is 11.4. The number of benzene rings is 2. The van der Waals surface area contributed by atoms with Gasteiger partial charge in [0.2, 0.25) is 0 Å². The lowest BCUT2D eigenvalue weighted by atomic mass is 9.78. The van der Waals surface area contributed by atoms with Crippen LogP contribution >= 0.6 is 22.6 Å². The molecule has 2 rings (SSSR count). The summed E-state index contributed by atoms with van der Waals surface area (Å²) in [4.78, 5) is 22.9. The number of esters is 2. The van der Waals surface area contributed by atoms with Gasteiger partial charge in [-0.25, -0.2) is 9.59 Å². The largest absolute Gasteiger partial charge is 0.491 e. The highest BCUT2D eigenvalue weighted by molar-refractivity contribution is 14.1. The van der Waals surface area contributed by atoms with Crippen LogP contribution in [0.15, 0.2) is 72.8 Å². The molecule has 2 aromatic rings. The van der Waals surface area contributed by atoms with Gasteiger partial charge in [-0.1, -0.05) is 66.9 Å². The summed E-state index contributed by atoms with van der Waals surface area (Å²) in [7, 11) is 0. The van der Waals surface area contributed by atoms with E-state index in [4.69, 9.17) is 18.9 Å². The molecule has 0 bridgehead atoms. The molecule has 8 nitrogen and oxygen atoms in total. The smallest absolute Gasteiger partial charge is 0.333 e. The number of aliphatic hydroxyl groups excluding tert-OH is 2. The number of rotatable bonds is 15. The highest BCUT2D eigenvalue weighted by atomic mass is 127. The Bertz CT molecular complexity index is 1010. The fourth-order valence-corrected chi connectivity index (χ4v) is 4.11. The van der Waals surface area contributed by atoms with Crippen molar-refractivity contribution < 1.29 is 38.7 Å². The summed E-state index contributed by atoms with van der Waals surface area (Å²) in [5.74, 6) is 0.0766. The second-order valence-corrected chi connectivity index (χ2v) is 9.96. The lowest BCUT2D eigenvalue weighted by Gasteiger charge is -2.29. The Morgan fingerprint density at radius 1 is 0.763 bits per heavy atom. The minimum Gasteiger partial charge on any atom is -0.491 e. The minimum absolute atomic E-state index is 0.0150. The maximum Gasteiger partial charge on any atom is 0.333 e. The van der Waals surface area contributed by atoms with E-state index in [1.54, 1.807) is 13.8 Å². The lowest BCUT2D eigenvalue weighted by Crippen LogP contribution is -2.26. The van der Waals surface area contributed by atoms with E-state index in [0.29, 0.717) is 11.5 Å². The van der Waals surface area contributed by atoms with Crippen LogP contribution in [0, 0.1) is 0 Å². The van der Waals surface area contributed by atoms with Gasteiger partial charge in [0.1, 0.15) is 50.1 Å². The Balaban J connectivity index is 1.94. The van der Waals surface area contributed by atoms with Crippen molar-refractivity contribution in [3.8, 4) is 11.5 Å². The maximum absolute atomic E-state index is 11.4. The van der Waals surface area contributed by atoms with Gasteiger partial charge < -0.3 is 29.2 Å². The van der Waals surface area contributed by atoms with E-state index >= 15 is 0 Å². The first-order valence-electron chi connectivity index (χ1n) is 12.0. The normalized spacial score (nSPS) is 13.9. The summed E-state index contributed by atoms with van der Waals surface area (Å²) in [6, 6.07) is 15.3. The number of aliphatic hydroxyl groups is 2. The van der Waals surface area contributed by atoms with Gasteiger partial charge in [0.25, 0.3) is 0 Å². The van der Waals surface area contributed by atoms with Crippen LogP contribution in [0.5, 0.6) is 11.5 Å². The highest BCUT2D eigenvalue weighted by Gasteiger charge is 2.28. The van der Waals surface area contributed by atoms with Gasteiger partial charge in [-0.2, -0.15) is 0 Å². The standard InChI is InChI=1S/C29H35IO8/c1-19(2)27(33)37-16-23(31)14-35-25-10-6-21(7-11-25)29(5,18-30)22-8-12-26(13-9-22)36-15-24(32)17-38-28(34)20(3)4/h6-13,23-24,31-32H,1,3,14-18H2,2,4-5H3. The molecule has 0 spiro atoms. The summed E-state index contributed by atoms with van der Waals surface area (Å²) >= 11 is 2.36. The first kappa shape index (κ1) is 31.3. The van der Waals surface area contributed by atoms with Crippen LogP contribution < -0.4 is 9.47 Å². The number of carbonyl (C=O) groups excluding carboxylic acids is 2. The van der Waals surface area contributed by atoms with E-state index in [2.05, 4.69) is 42.7 Å². The number of carbonyl (C=O) groups is 2. The molecule has 0 heterocycles. The van der Waals surface area contributed by atoms with Crippen LogP contribution in [0.3, 0.4) is 0 Å². The van der Waals surface area contributed by atoms with Crippen molar-refractivity contribution in [1.82, 2.24) is 0 Å². The second kappa shape index (κ2) is 14.9. The molecule has 0 amide bonds. The molecule has 0 radical (unpaired) electrons. The number of ether oxygens (including phenoxy) is 4. The van der Waals surface area contributed by atoms with Crippen LogP contribution in [0.2, 0.25) is 0 Å². The van der Waals surface area contributed by atoms with E-state index in [1.807, 2.05) is 48.5 Å². The van der Waals surface area contributed by atoms with Gasteiger partial charge in [-0.05, 0) is 49.2 Å². The summed E-state index contributed by atoms with van der Waals surface area (Å²) in [5.41, 5.74) is 2.42. The Labute approximate surface area is 237 Å². The predicted molar refractivity (Wildman–Crippen MR) is 153 cm³/mol. The molecule has 2 aromatic carbocycles. The van der Waals surface area contributed by atoms with Crippen molar-refractivity contribution >= 4 is 34.5 Å². The number of hydrogen-bond donors (Lipinski definition) is 2. The van der Waals surface area contributed by atoms with Crippen LogP contribution in [-0.4, -0.2) is 65.2 Å². The van der Waals surface area contributed by atoms with Crippen LogP contribution in [0.1, 0.15) is 31.9 Å². The monoisotopic (exact) mass is 638 g/mol. The first-order valence-corrected chi connectivity index (χ1v) is 13.5. The second-order valence-electron chi connectivity index (χ2n) is 9.20. The Morgan fingerprint density at radius 2 is 1.11 bits per heavy atom. The third-order valence-corrected chi connectivity index (χ3v) is 7.17. The van der Waals surface area contributed by atoms with E-state index in [-0.39, 0.29) is 43.0 Å². The molecule has 0 saturated heterocycles. The lowest BCUT2D eigenvalue weighted by molar-refractivity contribution is -0.143. The minimum atomic E-state index is -0.953. The highest BCUT2D eigenvalue weighted by Crippen LogP contribution is 2.35. The van der Waals surface area contributed by atoms with Gasteiger partial charge in [0.05, 0.1) is 0 Å². The Morgan fingerprint density at radius 3 is 1.39 bits per heavy atom. The topological polar surface area (TPSA) is 112 Å². The van der Waals surface area contributed by atoms with E-state index in [9.17, 15) is 19.8 Å². The average molecular weight is 638 g/mol. The van der Waals surface area contributed by atoms with Crippen LogP contribution in [0.25, 0.3) is 0 Å². The van der Waals surface area contributed by atoms with Gasteiger partial charge >= 0.3 is 11.9 Å². The number of alkyl halides is 1. The van der Waals surface area contributed by atoms with Crippen molar-refractivity contribution in [3.05, 3.63) is 84.0 Å². The zero-order valence-corrected chi connectivity index (χ0v) is 24.1. The molecular weight excluding hydrogens is 603 g/mol. The van der Waals surface area contributed by atoms with Crippen molar-refractivity contribution in [1.29, 1.82) is 0 Å². The van der Waals surface area contributed by atoms with Crippen LogP contribution in [0.4, 0.5) is 0 Å². The quantitative estimate of drug-likeness (QED) is 0.130. The molecular formula is C29H35IO8. The molecule has 0 fully saturated rings. The third-order valence-electron chi connectivity index (χ3n) is 5.65. The van der Waals surface area contributed by atoms with Gasteiger partial charge in [0.15, 0.2) is 0 Å². The molecule has 9 heteroatoms. The van der Waals surface area contributed by atoms with E-state index in [0.717, 1.165) is 15.6 Å². The molecule has 2 atom stereocenters. The first-order chi connectivity index (χ1) is 18.0. The molecule has 0 saturated carbocycles. The van der Waals surface area contributed by atoms with Crippen molar-refractivity contribution in [3.63, 3.8) is 0 Å². The van der Waals surface area contributed by atoms with Crippen molar-refractivity contribution in [2.24, 2.45) is 0 Å². The van der Waals surface area contributed by atoms with Crippen LogP contribution in [-0.2, 0) is 24.5 Å². The Hall–Kier alpha value is -2.89. The summed E-state index contributed by atoms with van der Waals surface area (Å²) in [5, 5.41) is 20.0. The van der Waals surface area contributed by atoms with E-state index in [1.165, 1.54) is 0 Å². The number of halogens is 1. The molecule has 38 heavy (non-hydrogen) atoms. The summed E-state index contributed by atoms with van der Waals surface area (Å²) in [6.07, 6.45) is -1.91. The third kappa shape index (κ3) is 9.45. The molecule has 0 aliphatic heterocycles. The molecule has 2 unspecified atom stereocenters. The molecule has 0 aromatic heterocycles. The van der Waals surface area contributed by atoms with Gasteiger partial charge in [0, 0.05) is 21.0 Å². The fraction of sp³-hybridized carbons (Fsp3) is 0.379. The predicted octanol–water partition coefficient (Wildman–Crippen LogP) is 4.15. The van der Waals surface area contributed by atoms with Gasteiger partial charge in [-0.3, -0.25) is 0 Å². The number of hydrogen-bond acceptors (Lipinski definition) is 8. The molecule has 206 valence electrons. The fourth-order valence-electron chi connectivity index (χ4n) is 3.23. The van der Waals surface area contributed by atoms with Gasteiger partial charge in [-0.15, -0.1) is 0 Å². The average Bonchev–Trinajstić information content (AvgIpc) is 2.92. The SMILES string of the molecule is C=C(C)C(=O)OCC(O)COc1ccc(C(C)(CI)c2ccc(OCC(O)COC(=O)C(=C)C)cc2)cc1.